The van der Waals surface area contributed by atoms with Gasteiger partial charge in [0.2, 0.25) is 0 Å². The Morgan fingerprint density at radius 1 is 1.60 bits per heavy atom. The van der Waals surface area contributed by atoms with E-state index in [4.69, 9.17) is 0 Å². The first kappa shape index (κ1) is 12.2. The minimum atomic E-state index is 0.261. The normalized spacial score (nSPS) is 22.1. The van der Waals surface area contributed by atoms with E-state index in [1.54, 1.807) is 6.08 Å². The molecule has 1 aliphatic carbocycles. The highest BCUT2D eigenvalue weighted by molar-refractivity contribution is 5.96. The van der Waals surface area contributed by atoms with E-state index < -0.39 is 0 Å². The van der Waals surface area contributed by atoms with Crippen LogP contribution in [0.5, 0.6) is 0 Å². The molecule has 1 atom stereocenters. The smallest absolute Gasteiger partial charge is 0.162 e. The molecule has 0 aromatic rings. The van der Waals surface area contributed by atoms with E-state index in [2.05, 4.69) is 33.4 Å². The van der Waals surface area contributed by atoms with Gasteiger partial charge in [0.05, 0.1) is 0 Å². The first-order chi connectivity index (χ1) is 6.95. The molecule has 0 spiro atoms. The van der Waals surface area contributed by atoms with Crippen molar-refractivity contribution in [1.82, 2.24) is 0 Å². The Morgan fingerprint density at radius 2 is 2.27 bits per heavy atom. The molecule has 0 N–H and O–H groups in total. The summed E-state index contributed by atoms with van der Waals surface area (Å²) < 4.78 is 0. The molecule has 0 fully saturated rings. The first-order valence-electron chi connectivity index (χ1n) is 5.78. The molecule has 15 heavy (non-hydrogen) atoms. The fourth-order valence-electron chi connectivity index (χ4n) is 2.14. The van der Waals surface area contributed by atoms with E-state index in [1.165, 1.54) is 0 Å². The third-order valence-electron chi connectivity index (χ3n) is 3.32. The number of carbonyl (C=O) groups is 1. The molecule has 0 aliphatic heterocycles. The van der Waals surface area contributed by atoms with E-state index in [0.29, 0.717) is 11.8 Å². The minimum absolute atomic E-state index is 0.261. The lowest BCUT2D eigenvalue weighted by Gasteiger charge is -2.33. The van der Waals surface area contributed by atoms with Crippen LogP contribution >= 0.6 is 0 Å². The summed E-state index contributed by atoms with van der Waals surface area (Å²) in [6, 6.07) is 0. The molecule has 1 nitrogen and oxygen atoms in total. The van der Waals surface area contributed by atoms with Crippen molar-refractivity contribution < 1.29 is 4.79 Å². The van der Waals surface area contributed by atoms with Gasteiger partial charge in [0, 0.05) is 6.42 Å². The number of allylic oxidation sites excluding steroid dienone is 3. The van der Waals surface area contributed by atoms with Gasteiger partial charge in [-0.3, -0.25) is 4.79 Å². The monoisotopic (exact) mass is 206 g/mol. The molecule has 0 bridgehead atoms. The van der Waals surface area contributed by atoms with Crippen molar-refractivity contribution in [2.24, 2.45) is 11.3 Å². The molecule has 1 aliphatic rings. The molecule has 1 heteroatoms. The SMILES string of the molecule is C=CCC(=O)C1=CCC(C(C)(C)C)CC1. The quantitative estimate of drug-likeness (QED) is 0.640. The van der Waals surface area contributed by atoms with Crippen molar-refractivity contribution in [3.8, 4) is 0 Å². The van der Waals surface area contributed by atoms with Crippen LogP contribution in [0, 0.1) is 11.3 Å². The van der Waals surface area contributed by atoms with Crippen molar-refractivity contribution in [3.05, 3.63) is 24.3 Å². The number of carbonyl (C=O) groups excluding carboxylic acids is 1. The van der Waals surface area contributed by atoms with E-state index in [0.717, 1.165) is 30.8 Å². The minimum Gasteiger partial charge on any atom is -0.294 e. The summed E-state index contributed by atoms with van der Waals surface area (Å²) in [7, 11) is 0. The third kappa shape index (κ3) is 3.33. The molecule has 0 amide bonds. The highest BCUT2D eigenvalue weighted by atomic mass is 16.1. The molecule has 0 aromatic carbocycles. The number of hydrogen-bond acceptors (Lipinski definition) is 1. The zero-order valence-corrected chi connectivity index (χ0v) is 10.2. The zero-order valence-electron chi connectivity index (χ0n) is 10.2. The van der Waals surface area contributed by atoms with Gasteiger partial charge in [-0.15, -0.1) is 6.58 Å². The predicted molar refractivity (Wildman–Crippen MR) is 64.7 cm³/mol. The highest BCUT2D eigenvalue weighted by Gasteiger charge is 2.27. The molecular weight excluding hydrogens is 184 g/mol. The van der Waals surface area contributed by atoms with E-state index in [9.17, 15) is 4.79 Å². The van der Waals surface area contributed by atoms with Crippen molar-refractivity contribution in [1.29, 1.82) is 0 Å². The topological polar surface area (TPSA) is 17.1 Å². The van der Waals surface area contributed by atoms with Crippen LogP contribution in [0.15, 0.2) is 24.3 Å². The van der Waals surface area contributed by atoms with E-state index in [-0.39, 0.29) is 5.78 Å². The molecule has 0 radical (unpaired) electrons. The zero-order chi connectivity index (χ0) is 11.5. The molecule has 0 heterocycles. The Kier molecular flexibility index (Phi) is 3.90. The second-order valence-corrected chi connectivity index (χ2v) is 5.48. The van der Waals surface area contributed by atoms with Gasteiger partial charge in [0.15, 0.2) is 5.78 Å². The number of rotatable bonds is 3. The summed E-state index contributed by atoms with van der Waals surface area (Å²) in [5, 5.41) is 0. The molecule has 0 saturated carbocycles. The lowest BCUT2D eigenvalue weighted by molar-refractivity contribution is -0.115. The Hall–Kier alpha value is -0.850. The summed E-state index contributed by atoms with van der Waals surface area (Å²) in [4.78, 5) is 11.6. The summed E-state index contributed by atoms with van der Waals surface area (Å²) in [5.74, 6) is 0.982. The lowest BCUT2D eigenvalue weighted by Crippen LogP contribution is -2.23. The van der Waals surface area contributed by atoms with Crippen LogP contribution in [-0.2, 0) is 4.79 Å². The second kappa shape index (κ2) is 4.78. The van der Waals surface area contributed by atoms with Gasteiger partial charge in [0.1, 0.15) is 0 Å². The molecule has 1 rings (SSSR count). The number of Topliss-reactive ketones (excluding diaryl/α,β-unsaturated/α-hetero) is 1. The Bertz CT molecular complexity index is 278. The number of ketones is 1. The van der Waals surface area contributed by atoms with Crippen LogP contribution in [0.4, 0.5) is 0 Å². The molecular formula is C14H22O. The summed E-state index contributed by atoms with van der Waals surface area (Å²) >= 11 is 0. The van der Waals surface area contributed by atoms with Crippen molar-refractivity contribution in [2.45, 2.75) is 46.5 Å². The molecule has 1 unspecified atom stereocenters. The average molecular weight is 206 g/mol. The van der Waals surface area contributed by atoms with Gasteiger partial charge in [-0.1, -0.05) is 32.9 Å². The second-order valence-electron chi connectivity index (χ2n) is 5.48. The molecule has 0 saturated heterocycles. The fraction of sp³-hybridized carbons (Fsp3) is 0.643. The van der Waals surface area contributed by atoms with Crippen molar-refractivity contribution in [3.63, 3.8) is 0 Å². The van der Waals surface area contributed by atoms with Crippen LogP contribution in [0.3, 0.4) is 0 Å². The Morgan fingerprint density at radius 3 is 2.67 bits per heavy atom. The third-order valence-corrected chi connectivity index (χ3v) is 3.32. The average Bonchev–Trinajstić information content (AvgIpc) is 2.17. The van der Waals surface area contributed by atoms with Gasteiger partial charge in [0.25, 0.3) is 0 Å². The van der Waals surface area contributed by atoms with Crippen LogP contribution in [-0.4, -0.2) is 5.78 Å². The van der Waals surface area contributed by atoms with Crippen LogP contribution in [0.1, 0.15) is 46.5 Å². The van der Waals surface area contributed by atoms with Gasteiger partial charge in [-0.25, -0.2) is 0 Å². The van der Waals surface area contributed by atoms with Gasteiger partial charge >= 0.3 is 0 Å². The Balaban J connectivity index is 2.59. The first-order valence-corrected chi connectivity index (χ1v) is 5.78. The van der Waals surface area contributed by atoms with Crippen molar-refractivity contribution in [2.75, 3.05) is 0 Å². The highest BCUT2D eigenvalue weighted by Crippen LogP contribution is 2.37. The van der Waals surface area contributed by atoms with Gasteiger partial charge in [-0.2, -0.15) is 0 Å². The standard InChI is InChI=1S/C14H22O/c1-5-6-13(15)11-7-9-12(10-8-11)14(2,3)4/h5,7,12H,1,6,8-10H2,2-4H3. The van der Waals surface area contributed by atoms with Gasteiger partial charge in [-0.05, 0) is 36.2 Å². The predicted octanol–water partition coefficient (Wildman–Crippen LogP) is 3.90. The van der Waals surface area contributed by atoms with E-state index in [1.807, 2.05) is 0 Å². The lowest BCUT2D eigenvalue weighted by atomic mass is 9.72. The summed E-state index contributed by atoms with van der Waals surface area (Å²) in [6.45, 7) is 10.4. The fourth-order valence-corrected chi connectivity index (χ4v) is 2.14. The van der Waals surface area contributed by atoms with Crippen molar-refractivity contribution >= 4 is 5.78 Å². The van der Waals surface area contributed by atoms with Crippen LogP contribution < -0.4 is 0 Å². The van der Waals surface area contributed by atoms with E-state index >= 15 is 0 Å². The summed E-state index contributed by atoms with van der Waals surface area (Å²) in [6.07, 6.45) is 7.49. The Labute approximate surface area is 93.3 Å². The maximum atomic E-state index is 11.6. The molecule has 0 aromatic heterocycles. The summed E-state index contributed by atoms with van der Waals surface area (Å²) in [5.41, 5.74) is 1.39. The molecule has 84 valence electrons. The van der Waals surface area contributed by atoms with Gasteiger partial charge < -0.3 is 0 Å². The maximum absolute atomic E-state index is 11.6. The largest absolute Gasteiger partial charge is 0.294 e. The van der Waals surface area contributed by atoms with Crippen LogP contribution in [0.25, 0.3) is 0 Å². The number of hydrogen-bond donors (Lipinski definition) is 0. The maximum Gasteiger partial charge on any atom is 0.162 e. The van der Waals surface area contributed by atoms with Crippen LogP contribution in [0.2, 0.25) is 0 Å².